The quantitative estimate of drug-likeness (QED) is 0.886. The van der Waals surface area contributed by atoms with Crippen LogP contribution in [0.3, 0.4) is 0 Å². The summed E-state index contributed by atoms with van der Waals surface area (Å²) in [7, 11) is 0. The van der Waals surface area contributed by atoms with Crippen molar-refractivity contribution in [1.82, 2.24) is 5.32 Å². The molecule has 3 N–H and O–H groups in total. The molecular formula is C10H10Cl2N2O3. The van der Waals surface area contributed by atoms with Crippen molar-refractivity contribution in [3.63, 3.8) is 0 Å². The average molecular weight is 277 g/mol. The van der Waals surface area contributed by atoms with Crippen molar-refractivity contribution < 1.29 is 14.3 Å². The Labute approximate surface area is 108 Å². The van der Waals surface area contributed by atoms with Gasteiger partial charge in [0.15, 0.2) is 6.10 Å². The number of carbonyl (C=O) groups excluding carboxylic acids is 2. The monoisotopic (exact) mass is 276 g/mol. The molecule has 1 aromatic rings. The maximum Gasteiger partial charge on any atom is 0.318 e. The van der Waals surface area contributed by atoms with Crippen molar-refractivity contribution in [3.8, 4) is 5.75 Å². The molecule has 1 rings (SSSR count). The van der Waals surface area contributed by atoms with Gasteiger partial charge in [0, 0.05) is 6.07 Å². The van der Waals surface area contributed by atoms with E-state index in [0.717, 1.165) is 0 Å². The molecule has 92 valence electrons. The van der Waals surface area contributed by atoms with E-state index >= 15 is 0 Å². The van der Waals surface area contributed by atoms with Gasteiger partial charge in [-0.15, -0.1) is 0 Å². The van der Waals surface area contributed by atoms with Gasteiger partial charge in [-0.25, -0.2) is 4.79 Å². The van der Waals surface area contributed by atoms with E-state index in [1.807, 2.05) is 5.32 Å². The van der Waals surface area contributed by atoms with Gasteiger partial charge in [-0.3, -0.25) is 10.1 Å². The Morgan fingerprint density at radius 2 is 2.00 bits per heavy atom. The van der Waals surface area contributed by atoms with Crippen LogP contribution >= 0.6 is 23.2 Å². The van der Waals surface area contributed by atoms with Crippen molar-refractivity contribution in [3.05, 3.63) is 28.2 Å². The van der Waals surface area contributed by atoms with E-state index < -0.39 is 18.0 Å². The van der Waals surface area contributed by atoms with Crippen molar-refractivity contribution in [2.45, 2.75) is 13.0 Å². The first-order valence-corrected chi connectivity index (χ1v) is 5.37. The number of primary amides is 1. The minimum Gasteiger partial charge on any atom is -0.481 e. The lowest BCUT2D eigenvalue weighted by atomic mass is 10.3. The molecule has 0 saturated carbocycles. The van der Waals surface area contributed by atoms with Crippen LogP contribution in [0.15, 0.2) is 18.2 Å². The van der Waals surface area contributed by atoms with E-state index in [0.29, 0.717) is 15.8 Å². The van der Waals surface area contributed by atoms with Gasteiger partial charge in [0.25, 0.3) is 5.91 Å². The number of benzene rings is 1. The van der Waals surface area contributed by atoms with Crippen molar-refractivity contribution in [1.29, 1.82) is 0 Å². The molecule has 1 aromatic carbocycles. The molecule has 3 amide bonds. The third kappa shape index (κ3) is 4.13. The molecule has 0 fully saturated rings. The van der Waals surface area contributed by atoms with Crippen LogP contribution in [0.1, 0.15) is 6.92 Å². The van der Waals surface area contributed by atoms with Gasteiger partial charge in [-0.2, -0.15) is 0 Å². The standard InChI is InChI=1S/C10H10Cl2N2O3/c1-5(9(15)14-10(13)16)17-6-2-3-7(11)8(12)4-6/h2-5H,1H3,(H3,13,14,15,16)/t5-/m0/s1. The summed E-state index contributed by atoms with van der Waals surface area (Å²) >= 11 is 11.5. The number of halogens is 2. The summed E-state index contributed by atoms with van der Waals surface area (Å²) in [5, 5.41) is 2.60. The summed E-state index contributed by atoms with van der Waals surface area (Å²) in [5.41, 5.74) is 4.80. The highest BCUT2D eigenvalue weighted by atomic mass is 35.5. The molecule has 0 aliphatic carbocycles. The molecule has 0 bridgehead atoms. The summed E-state index contributed by atoms with van der Waals surface area (Å²) in [4.78, 5) is 21.8. The van der Waals surface area contributed by atoms with Crippen LogP contribution in [0.2, 0.25) is 10.0 Å². The number of ether oxygens (including phenoxy) is 1. The second-order valence-corrected chi connectivity index (χ2v) is 4.00. The number of hydrogen-bond acceptors (Lipinski definition) is 3. The van der Waals surface area contributed by atoms with Crippen molar-refractivity contribution in [2.24, 2.45) is 5.73 Å². The molecule has 0 aliphatic heterocycles. The van der Waals surface area contributed by atoms with E-state index in [9.17, 15) is 9.59 Å². The van der Waals surface area contributed by atoms with Crippen LogP contribution in [0.4, 0.5) is 4.79 Å². The molecule has 5 nitrogen and oxygen atoms in total. The van der Waals surface area contributed by atoms with Gasteiger partial charge >= 0.3 is 6.03 Å². The number of nitrogens with two attached hydrogens (primary N) is 1. The van der Waals surface area contributed by atoms with E-state index in [2.05, 4.69) is 0 Å². The summed E-state index contributed by atoms with van der Waals surface area (Å²) in [6, 6.07) is 3.64. The second-order valence-electron chi connectivity index (χ2n) is 3.19. The van der Waals surface area contributed by atoms with E-state index in [4.69, 9.17) is 33.7 Å². The zero-order valence-electron chi connectivity index (χ0n) is 8.87. The Bertz CT molecular complexity index is 451. The first-order chi connectivity index (χ1) is 7.90. The number of imide groups is 1. The number of carbonyl (C=O) groups is 2. The number of urea groups is 1. The zero-order valence-corrected chi connectivity index (χ0v) is 10.4. The SMILES string of the molecule is C[C@H](Oc1ccc(Cl)c(Cl)c1)C(=O)NC(N)=O. The number of rotatable bonds is 3. The predicted molar refractivity (Wildman–Crippen MR) is 64.3 cm³/mol. The highest BCUT2D eigenvalue weighted by Crippen LogP contribution is 2.26. The number of hydrogen-bond donors (Lipinski definition) is 2. The molecule has 0 spiro atoms. The molecule has 17 heavy (non-hydrogen) atoms. The Morgan fingerprint density at radius 1 is 1.35 bits per heavy atom. The maximum absolute atomic E-state index is 11.3. The lowest BCUT2D eigenvalue weighted by Crippen LogP contribution is -2.42. The van der Waals surface area contributed by atoms with Gasteiger partial charge in [0.2, 0.25) is 0 Å². The van der Waals surface area contributed by atoms with Crippen molar-refractivity contribution in [2.75, 3.05) is 0 Å². The molecule has 0 aliphatic rings. The summed E-state index contributed by atoms with van der Waals surface area (Å²) in [6.45, 7) is 1.47. The Morgan fingerprint density at radius 3 is 2.53 bits per heavy atom. The Balaban J connectivity index is 2.67. The molecule has 0 unspecified atom stereocenters. The lowest BCUT2D eigenvalue weighted by molar-refractivity contribution is -0.126. The highest BCUT2D eigenvalue weighted by molar-refractivity contribution is 6.42. The van der Waals surface area contributed by atoms with E-state index in [1.54, 1.807) is 6.07 Å². The van der Waals surface area contributed by atoms with Crippen LogP contribution in [-0.4, -0.2) is 18.0 Å². The fourth-order valence-corrected chi connectivity index (χ4v) is 1.32. The zero-order chi connectivity index (χ0) is 13.0. The van der Waals surface area contributed by atoms with E-state index in [1.165, 1.54) is 19.1 Å². The fraction of sp³-hybridized carbons (Fsp3) is 0.200. The first kappa shape index (κ1) is 13.6. The lowest BCUT2D eigenvalue weighted by Gasteiger charge is -2.13. The third-order valence-corrected chi connectivity index (χ3v) is 2.56. The Kier molecular flexibility index (Phi) is 4.60. The van der Waals surface area contributed by atoms with Gasteiger partial charge in [-0.1, -0.05) is 23.2 Å². The topological polar surface area (TPSA) is 81.4 Å². The smallest absolute Gasteiger partial charge is 0.318 e. The molecule has 0 saturated heterocycles. The minimum absolute atomic E-state index is 0.312. The summed E-state index contributed by atoms with van der Waals surface area (Å²) < 4.78 is 5.25. The second kappa shape index (κ2) is 5.75. The largest absolute Gasteiger partial charge is 0.481 e. The molecular weight excluding hydrogens is 267 g/mol. The molecule has 0 aromatic heterocycles. The number of nitrogens with one attached hydrogen (secondary N) is 1. The van der Waals surface area contributed by atoms with Gasteiger partial charge in [0.1, 0.15) is 5.75 Å². The predicted octanol–water partition coefficient (Wildman–Crippen LogP) is 1.96. The average Bonchev–Trinajstić information content (AvgIpc) is 2.22. The maximum atomic E-state index is 11.3. The number of amides is 3. The van der Waals surface area contributed by atoms with Gasteiger partial charge in [-0.05, 0) is 19.1 Å². The minimum atomic E-state index is -0.931. The van der Waals surface area contributed by atoms with Crippen molar-refractivity contribution >= 4 is 35.1 Å². The summed E-state index contributed by atoms with van der Waals surface area (Å²) in [6.07, 6.45) is -0.875. The summed E-state index contributed by atoms with van der Waals surface area (Å²) in [5.74, 6) is -0.268. The Hall–Kier alpha value is -1.46. The first-order valence-electron chi connectivity index (χ1n) is 4.62. The van der Waals surface area contributed by atoms with Crippen LogP contribution in [0.25, 0.3) is 0 Å². The van der Waals surface area contributed by atoms with Crippen LogP contribution in [0.5, 0.6) is 5.75 Å². The normalized spacial score (nSPS) is 11.7. The van der Waals surface area contributed by atoms with E-state index in [-0.39, 0.29) is 0 Å². The highest BCUT2D eigenvalue weighted by Gasteiger charge is 2.16. The molecule has 0 heterocycles. The van der Waals surface area contributed by atoms with Gasteiger partial charge in [0.05, 0.1) is 10.0 Å². The third-order valence-electron chi connectivity index (χ3n) is 1.82. The fourth-order valence-electron chi connectivity index (χ4n) is 1.03. The molecule has 1 atom stereocenters. The van der Waals surface area contributed by atoms with Gasteiger partial charge < -0.3 is 10.5 Å². The molecule has 7 heteroatoms. The van der Waals surface area contributed by atoms with Crippen LogP contribution < -0.4 is 15.8 Å². The molecule has 0 radical (unpaired) electrons. The van der Waals surface area contributed by atoms with Crippen LogP contribution in [-0.2, 0) is 4.79 Å². The van der Waals surface area contributed by atoms with Crippen LogP contribution in [0, 0.1) is 0 Å².